The number of anilines is 9. The fourth-order valence-electron chi connectivity index (χ4n) is 15.4. The van der Waals surface area contributed by atoms with E-state index in [2.05, 4.69) is 333 Å². The highest BCUT2D eigenvalue weighted by Gasteiger charge is 2.49. The van der Waals surface area contributed by atoms with E-state index in [1.54, 1.807) is 0 Å². The van der Waals surface area contributed by atoms with E-state index in [1.165, 1.54) is 100 Å². The van der Waals surface area contributed by atoms with Crippen LogP contribution in [0.25, 0.3) is 44.2 Å². The van der Waals surface area contributed by atoms with Gasteiger partial charge in [0.2, 0.25) is 0 Å². The van der Waals surface area contributed by atoms with E-state index in [4.69, 9.17) is 4.42 Å². The topological polar surface area (TPSA) is 22.9 Å². The number of nitrogens with zero attached hydrogens (tertiary/aromatic N) is 3. The molecular weight excluding hydrogens is 1080 g/mol. The number of fused-ring (bicyclic) bond motifs is 8. The lowest BCUT2D eigenvalue weighted by molar-refractivity contribution is 0.403. The quantitative estimate of drug-likeness (QED) is 0.148. The molecular formula is C84H86BN3O. The van der Waals surface area contributed by atoms with Gasteiger partial charge in [-0.05, 0) is 197 Å². The third-order valence-electron chi connectivity index (χ3n) is 20.0. The summed E-state index contributed by atoms with van der Waals surface area (Å²) in [6.07, 6.45) is 1.05. The minimum absolute atomic E-state index is 0.0213. The van der Waals surface area contributed by atoms with Crippen LogP contribution in [0.2, 0.25) is 0 Å². The fraction of sp³-hybridized carbons (Fsp3) is 0.286. The first kappa shape index (κ1) is 58.2. The van der Waals surface area contributed by atoms with Gasteiger partial charge in [0, 0.05) is 56.1 Å². The van der Waals surface area contributed by atoms with E-state index in [-0.39, 0.29) is 39.2 Å². The summed E-state index contributed by atoms with van der Waals surface area (Å²) in [4.78, 5) is 7.87. The molecule has 0 saturated carbocycles. The van der Waals surface area contributed by atoms with Crippen LogP contribution >= 0.6 is 0 Å². The monoisotopic (exact) mass is 1160 g/mol. The molecule has 5 heteroatoms. The van der Waals surface area contributed by atoms with Gasteiger partial charge >= 0.3 is 0 Å². The minimum atomic E-state index is -0.162. The summed E-state index contributed by atoms with van der Waals surface area (Å²) in [5.74, 6) is 0. The molecule has 10 aromatic carbocycles. The van der Waals surface area contributed by atoms with Gasteiger partial charge < -0.3 is 19.1 Å². The highest BCUT2D eigenvalue weighted by atomic mass is 16.3. The van der Waals surface area contributed by atoms with E-state index < -0.39 is 0 Å². The summed E-state index contributed by atoms with van der Waals surface area (Å²) in [6, 6.07) is 77.3. The first-order valence-electron chi connectivity index (χ1n) is 32.4. The second-order valence-electron chi connectivity index (χ2n) is 31.5. The van der Waals surface area contributed by atoms with Crippen LogP contribution in [-0.4, -0.2) is 6.71 Å². The van der Waals surface area contributed by atoms with Crippen molar-refractivity contribution in [1.82, 2.24) is 0 Å². The van der Waals surface area contributed by atoms with Crippen LogP contribution in [-0.2, 0) is 32.5 Å². The fourth-order valence-corrected chi connectivity index (χ4v) is 15.4. The van der Waals surface area contributed by atoms with E-state index in [0.717, 1.165) is 56.8 Å². The van der Waals surface area contributed by atoms with Crippen molar-refractivity contribution in [3.8, 4) is 22.3 Å². The Morgan fingerprint density at radius 2 is 0.899 bits per heavy atom. The van der Waals surface area contributed by atoms with Crippen molar-refractivity contribution in [1.29, 1.82) is 0 Å². The summed E-state index contributed by atoms with van der Waals surface area (Å²) in [5, 5.41) is 2.27. The van der Waals surface area contributed by atoms with Gasteiger partial charge in [-0.2, -0.15) is 0 Å². The molecule has 0 fully saturated rings. The molecule has 0 spiro atoms. The molecule has 0 bridgehead atoms. The molecule has 0 N–H and O–H groups in total. The first-order valence-corrected chi connectivity index (χ1v) is 32.4. The van der Waals surface area contributed by atoms with Crippen LogP contribution in [0.1, 0.15) is 156 Å². The number of benzene rings is 10. The zero-order chi connectivity index (χ0) is 62.6. The predicted molar refractivity (Wildman–Crippen MR) is 384 cm³/mol. The lowest BCUT2D eigenvalue weighted by Crippen LogP contribution is -2.61. The van der Waals surface area contributed by atoms with E-state index in [9.17, 15) is 0 Å². The molecule has 446 valence electrons. The van der Waals surface area contributed by atoms with Crippen molar-refractivity contribution < 1.29 is 4.42 Å². The number of aryl methyl sites for hydroxylation is 1. The van der Waals surface area contributed by atoms with Gasteiger partial charge in [0.05, 0.1) is 11.4 Å². The van der Waals surface area contributed by atoms with Gasteiger partial charge in [0.15, 0.2) is 0 Å². The molecule has 2 aliphatic heterocycles. The number of rotatable bonds is 7. The normalized spacial score (nSPS) is 15.1. The predicted octanol–water partition coefficient (Wildman–Crippen LogP) is 21.9. The second-order valence-corrected chi connectivity index (χ2v) is 31.5. The van der Waals surface area contributed by atoms with E-state index >= 15 is 0 Å². The Kier molecular flexibility index (Phi) is 13.2. The average Bonchev–Trinajstić information content (AvgIpc) is 1.44. The van der Waals surface area contributed by atoms with Gasteiger partial charge in [0.1, 0.15) is 11.2 Å². The molecule has 0 amide bonds. The maximum Gasteiger partial charge on any atom is 0.252 e. The smallest absolute Gasteiger partial charge is 0.252 e. The van der Waals surface area contributed by atoms with Crippen LogP contribution in [0.5, 0.6) is 0 Å². The molecule has 14 rings (SSSR count). The Morgan fingerprint density at radius 3 is 1.49 bits per heavy atom. The molecule has 3 heterocycles. The largest absolute Gasteiger partial charge is 0.456 e. The molecule has 1 aromatic heterocycles. The summed E-state index contributed by atoms with van der Waals surface area (Å²) in [7, 11) is 0. The van der Waals surface area contributed by atoms with Crippen molar-refractivity contribution >= 4 is 96.2 Å². The summed E-state index contributed by atoms with van der Waals surface area (Å²) < 4.78 is 6.63. The maximum absolute atomic E-state index is 6.63. The molecule has 0 radical (unpaired) electrons. The van der Waals surface area contributed by atoms with E-state index in [0.29, 0.717) is 0 Å². The first-order chi connectivity index (χ1) is 42.0. The van der Waals surface area contributed by atoms with Gasteiger partial charge in [-0.1, -0.05) is 232 Å². The van der Waals surface area contributed by atoms with Crippen molar-refractivity contribution in [3.63, 3.8) is 0 Å². The van der Waals surface area contributed by atoms with Crippen LogP contribution in [0.3, 0.4) is 0 Å². The molecule has 11 aromatic rings. The summed E-state index contributed by atoms with van der Waals surface area (Å²) in [5.41, 5.74) is 29.8. The lowest BCUT2D eigenvalue weighted by atomic mass is 9.33. The van der Waals surface area contributed by atoms with E-state index in [1.807, 2.05) is 0 Å². The number of hydrogen-bond donors (Lipinski definition) is 0. The molecule has 89 heavy (non-hydrogen) atoms. The van der Waals surface area contributed by atoms with Gasteiger partial charge in [-0.15, -0.1) is 0 Å². The zero-order valence-electron chi connectivity index (χ0n) is 55.6. The minimum Gasteiger partial charge on any atom is -0.456 e. The Morgan fingerprint density at radius 1 is 0.393 bits per heavy atom. The Balaban J connectivity index is 1.15. The maximum atomic E-state index is 6.63. The average molecular weight is 1160 g/mol. The Hall–Kier alpha value is -8.54. The number of furan rings is 1. The van der Waals surface area contributed by atoms with Gasteiger partial charge in [-0.3, -0.25) is 0 Å². The third-order valence-corrected chi connectivity index (χ3v) is 20.0. The standard InChI is InChI=1S/C84H86BN3O/c1-52-44-57(81(8,9)10)35-42-69(52)87-71-41-30-54(62-27-23-29-76-77(62)63-26-21-22-28-75(63)89-76)45-67(71)85-68-49-65-66(84(16,17)51-83(65,14)15)50-72(68)88(70-43-36-58(82(11,12)13)46-64(70)53-24-19-18-20-25-53)74-48-61(47-73(87)78(74)85)86(59-37-31-55(32-38-59)79(2,3)4)60-39-33-56(34-40-60)80(5,6)7/h18-50H,51H2,1-17H3. The molecule has 3 aliphatic rings. The molecule has 4 nitrogen and oxygen atoms in total. The Labute approximate surface area is 530 Å². The van der Waals surface area contributed by atoms with Crippen molar-refractivity contribution in [3.05, 3.63) is 239 Å². The summed E-state index contributed by atoms with van der Waals surface area (Å²) in [6.45, 7) is 39.9. The van der Waals surface area contributed by atoms with Gasteiger partial charge in [0.25, 0.3) is 6.71 Å². The van der Waals surface area contributed by atoms with Crippen molar-refractivity contribution in [2.45, 2.75) is 157 Å². The third kappa shape index (κ3) is 9.72. The van der Waals surface area contributed by atoms with Crippen molar-refractivity contribution in [2.24, 2.45) is 0 Å². The second kappa shape index (κ2) is 20.2. The highest BCUT2D eigenvalue weighted by molar-refractivity contribution is 7.00. The van der Waals surface area contributed by atoms with Crippen LogP contribution in [0.15, 0.2) is 205 Å². The highest BCUT2D eigenvalue weighted by Crippen LogP contribution is 2.55. The van der Waals surface area contributed by atoms with Crippen LogP contribution in [0, 0.1) is 6.92 Å². The Bertz CT molecular complexity index is 4570. The molecule has 1 aliphatic carbocycles. The zero-order valence-corrected chi connectivity index (χ0v) is 55.6. The number of para-hydroxylation sites is 1. The van der Waals surface area contributed by atoms with Gasteiger partial charge in [-0.25, -0.2) is 0 Å². The van der Waals surface area contributed by atoms with Crippen molar-refractivity contribution in [2.75, 3.05) is 14.7 Å². The number of hydrogen-bond acceptors (Lipinski definition) is 4. The van der Waals surface area contributed by atoms with Crippen LogP contribution in [0.4, 0.5) is 51.2 Å². The lowest BCUT2D eigenvalue weighted by Gasteiger charge is -2.46. The SMILES string of the molecule is Cc1cc(C(C)(C)C)ccc1N1c2ccc(-c3cccc4oc5ccccc5c34)cc2B2c3cc4c(cc3N(c3ccc(C(C)(C)C)cc3-c3ccccc3)c3cc(N(c5ccc(C(C)(C)C)cc5)c5ccc(C(C)(C)C)cc5)cc1c32)C(C)(C)CC4(C)C. The molecule has 0 unspecified atom stereocenters. The molecule has 0 saturated heterocycles. The summed E-state index contributed by atoms with van der Waals surface area (Å²) >= 11 is 0. The molecule has 0 atom stereocenters. The van der Waals surface area contributed by atoms with Crippen LogP contribution < -0.4 is 31.1 Å².